The number of oxazole rings is 1. The molecule has 1 aliphatic rings. The molecule has 234 valence electrons. The van der Waals surface area contributed by atoms with E-state index in [0.29, 0.717) is 40.6 Å². The molecule has 0 saturated carbocycles. The molecule has 6 rings (SSSR count). The van der Waals surface area contributed by atoms with Crippen LogP contribution in [0.1, 0.15) is 67.9 Å². The fourth-order valence-corrected chi connectivity index (χ4v) is 5.94. The van der Waals surface area contributed by atoms with Gasteiger partial charge in [0.2, 0.25) is 5.89 Å². The Hall–Kier alpha value is -5.16. The van der Waals surface area contributed by atoms with Gasteiger partial charge in [0.15, 0.2) is 5.58 Å². The maximum absolute atomic E-state index is 13.0. The molecule has 0 unspecified atom stereocenters. The van der Waals surface area contributed by atoms with Gasteiger partial charge < -0.3 is 19.4 Å². The average Bonchev–Trinajstić information content (AvgIpc) is 3.51. The summed E-state index contributed by atoms with van der Waals surface area (Å²) >= 11 is 0. The quantitative estimate of drug-likeness (QED) is 0.180. The predicted octanol–water partition coefficient (Wildman–Crippen LogP) is 7.99. The van der Waals surface area contributed by atoms with E-state index in [-0.39, 0.29) is 17.9 Å². The maximum Gasteiger partial charge on any atom is 0.251 e. The van der Waals surface area contributed by atoms with Crippen LogP contribution in [0.2, 0.25) is 0 Å². The lowest BCUT2D eigenvalue weighted by atomic mass is 9.96. The molecule has 1 fully saturated rings. The Labute approximate surface area is 270 Å². The van der Waals surface area contributed by atoms with Crippen molar-refractivity contribution in [2.24, 2.45) is 5.92 Å². The van der Waals surface area contributed by atoms with Crippen molar-refractivity contribution >= 4 is 22.8 Å². The first-order valence-electron chi connectivity index (χ1n) is 16.0. The number of anilines is 1. The van der Waals surface area contributed by atoms with Crippen molar-refractivity contribution in [3.05, 3.63) is 95.7 Å². The summed E-state index contributed by atoms with van der Waals surface area (Å²) in [4.78, 5) is 24.7. The van der Waals surface area contributed by atoms with Gasteiger partial charge in [-0.3, -0.25) is 4.79 Å². The van der Waals surface area contributed by atoms with E-state index in [2.05, 4.69) is 53.3 Å². The Morgan fingerprint density at radius 2 is 1.76 bits per heavy atom. The molecule has 0 aliphatic carbocycles. The zero-order valence-corrected chi connectivity index (χ0v) is 26.8. The van der Waals surface area contributed by atoms with Crippen molar-refractivity contribution in [1.82, 2.24) is 15.3 Å². The number of carbonyl (C=O) groups is 1. The lowest BCUT2D eigenvalue weighted by Crippen LogP contribution is -2.39. The lowest BCUT2D eigenvalue weighted by molar-refractivity contribution is 0.0945. The molecule has 3 aromatic carbocycles. The van der Waals surface area contributed by atoms with Crippen LogP contribution < -0.4 is 15.0 Å². The molecular formula is C38H39N5O3. The van der Waals surface area contributed by atoms with E-state index < -0.39 is 0 Å². The first-order chi connectivity index (χ1) is 22.3. The molecule has 1 saturated heterocycles. The van der Waals surface area contributed by atoms with Gasteiger partial charge in [0.1, 0.15) is 17.1 Å². The second kappa shape index (κ2) is 13.5. The fraction of sp³-hybridized carbons (Fsp3) is 0.316. The van der Waals surface area contributed by atoms with Crippen LogP contribution >= 0.6 is 0 Å². The average molecular weight is 614 g/mol. The van der Waals surface area contributed by atoms with E-state index in [4.69, 9.17) is 14.1 Å². The Kier molecular flexibility index (Phi) is 9.02. The Morgan fingerprint density at radius 3 is 2.43 bits per heavy atom. The van der Waals surface area contributed by atoms with Crippen molar-refractivity contribution in [3.8, 4) is 34.4 Å². The van der Waals surface area contributed by atoms with E-state index >= 15 is 0 Å². The minimum absolute atomic E-state index is 0.0914. The number of hydrogen-bond donors (Lipinski definition) is 1. The third kappa shape index (κ3) is 6.74. The maximum atomic E-state index is 13.0. The van der Waals surface area contributed by atoms with E-state index in [1.165, 1.54) is 0 Å². The third-order valence-electron chi connectivity index (χ3n) is 8.46. The number of aromatic nitrogens is 2. The molecule has 5 aromatic rings. The summed E-state index contributed by atoms with van der Waals surface area (Å²) in [5, 5.41) is 12.5. The van der Waals surface area contributed by atoms with E-state index in [1.54, 1.807) is 18.2 Å². The van der Waals surface area contributed by atoms with Crippen molar-refractivity contribution in [2.45, 2.75) is 52.6 Å². The molecule has 1 N–H and O–H groups in total. The highest BCUT2D eigenvalue weighted by atomic mass is 16.5. The van der Waals surface area contributed by atoms with Gasteiger partial charge in [-0.1, -0.05) is 32.0 Å². The molecule has 0 atom stereocenters. The van der Waals surface area contributed by atoms with Crippen LogP contribution in [0.25, 0.3) is 33.7 Å². The van der Waals surface area contributed by atoms with Crippen LogP contribution in [0.15, 0.2) is 83.4 Å². The molecule has 46 heavy (non-hydrogen) atoms. The standard InChI is InChI=1S/C38H39N5O3/c1-24(2)32-19-27(21-39)20-33-36(32)46-38(42-33)29-11-9-28(10-12-29)37(44)41-22-26-15-17-43(18-16-26)35-14-13-30(23-40-35)31-7-5-6-8-34(31)45-25(3)4/h5-14,19-20,23-26H,15-18,22H2,1-4H3,(H,41,44). The zero-order chi connectivity index (χ0) is 32.2. The number of nitrogens with zero attached hydrogens (tertiary/aromatic N) is 4. The molecule has 0 radical (unpaired) electrons. The highest BCUT2D eigenvalue weighted by molar-refractivity contribution is 5.94. The van der Waals surface area contributed by atoms with Crippen molar-refractivity contribution in [2.75, 3.05) is 24.5 Å². The summed E-state index contributed by atoms with van der Waals surface area (Å²) in [6.07, 6.45) is 3.99. The molecule has 0 spiro atoms. The highest BCUT2D eigenvalue weighted by Gasteiger charge is 2.22. The normalized spacial score (nSPS) is 13.7. The monoisotopic (exact) mass is 613 g/mol. The number of piperidine rings is 1. The number of fused-ring (bicyclic) bond motifs is 1. The molecule has 0 bridgehead atoms. The van der Waals surface area contributed by atoms with Gasteiger partial charge in [-0.2, -0.15) is 5.26 Å². The zero-order valence-electron chi connectivity index (χ0n) is 26.8. The molecule has 8 heteroatoms. The Balaban J connectivity index is 1.02. The Morgan fingerprint density at radius 1 is 1.02 bits per heavy atom. The minimum atomic E-state index is -0.0914. The number of nitrogens with one attached hydrogen (secondary N) is 1. The van der Waals surface area contributed by atoms with Crippen LogP contribution in [0.4, 0.5) is 5.82 Å². The van der Waals surface area contributed by atoms with E-state index in [0.717, 1.165) is 59.8 Å². The molecule has 1 aliphatic heterocycles. The third-order valence-corrected chi connectivity index (χ3v) is 8.46. The highest BCUT2D eigenvalue weighted by Crippen LogP contribution is 2.33. The number of para-hydroxylation sites is 1. The number of benzene rings is 3. The van der Waals surface area contributed by atoms with Crippen molar-refractivity contribution in [1.29, 1.82) is 5.26 Å². The number of ether oxygens (including phenoxy) is 1. The van der Waals surface area contributed by atoms with E-state index in [1.807, 2.05) is 56.4 Å². The number of nitriles is 1. The van der Waals surface area contributed by atoms with Crippen molar-refractivity contribution < 1.29 is 13.9 Å². The smallest absolute Gasteiger partial charge is 0.251 e. The minimum Gasteiger partial charge on any atom is -0.490 e. The van der Waals surface area contributed by atoms with Gasteiger partial charge in [-0.25, -0.2) is 9.97 Å². The second-order valence-corrected chi connectivity index (χ2v) is 12.5. The summed E-state index contributed by atoms with van der Waals surface area (Å²) in [7, 11) is 0. The topological polar surface area (TPSA) is 104 Å². The number of amides is 1. The van der Waals surface area contributed by atoms with Crippen molar-refractivity contribution in [3.63, 3.8) is 0 Å². The molecule has 1 amide bonds. The van der Waals surface area contributed by atoms with Crippen LogP contribution in [0.5, 0.6) is 5.75 Å². The number of hydrogen-bond acceptors (Lipinski definition) is 7. The van der Waals surface area contributed by atoms with E-state index in [9.17, 15) is 10.1 Å². The SMILES string of the molecule is CC(C)Oc1ccccc1-c1ccc(N2CCC(CNC(=O)c3ccc(-c4nc5cc(C#N)cc(C(C)C)c5o4)cc3)CC2)nc1. The fourth-order valence-electron chi connectivity index (χ4n) is 5.94. The Bertz CT molecular complexity index is 1860. The number of carbonyl (C=O) groups excluding carboxylic acids is 1. The summed E-state index contributed by atoms with van der Waals surface area (Å²) in [6.45, 7) is 10.6. The molecule has 3 heterocycles. The number of rotatable bonds is 9. The summed E-state index contributed by atoms with van der Waals surface area (Å²) in [5.74, 6) is 2.82. The van der Waals surface area contributed by atoms with Gasteiger partial charge >= 0.3 is 0 Å². The van der Waals surface area contributed by atoms with Gasteiger partial charge in [-0.05, 0) is 93.1 Å². The molecular weight excluding hydrogens is 574 g/mol. The van der Waals surface area contributed by atoms with Gasteiger partial charge in [0, 0.05) is 53.6 Å². The largest absolute Gasteiger partial charge is 0.490 e. The van der Waals surface area contributed by atoms with Crippen LogP contribution in [0, 0.1) is 17.2 Å². The molecule has 2 aromatic heterocycles. The molecule has 8 nitrogen and oxygen atoms in total. The van der Waals surface area contributed by atoms with Crippen LogP contribution in [-0.2, 0) is 0 Å². The first-order valence-corrected chi connectivity index (χ1v) is 16.0. The number of pyridine rings is 1. The van der Waals surface area contributed by atoms with Crippen LogP contribution in [0.3, 0.4) is 0 Å². The van der Waals surface area contributed by atoms with Gasteiger partial charge in [-0.15, -0.1) is 0 Å². The van der Waals surface area contributed by atoms with Crippen LogP contribution in [-0.4, -0.2) is 41.6 Å². The summed E-state index contributed by atoms with van der Waals surface area (Å²) < 4.78 is 12.1. The lowest BCUT2D eigenvalue weighted by Gasteiger charge is -2.33. The summed E-state index contributed by atoms with van der Waals surface area (Å²) in [6, 6.07) is 25.4. The van der Waals surface area contributed by atoms with Gasteiger partial charge in [0.25, 0.3) is 5.91 Å². The predicted molar refractivity (Wildman–Crippen MR) is 181 cm³/mol. The summed E-state index contributed by atoms with van der Waals surface area (Å²) in [5.41, 5.74) is 6.33. The first kappa shape index (κ1) is 30.8. The van der Waals surface area contributed by atoms with Gasteiger partial charge in [0.05, 0.1) is 17.7 Å². The second-order valence-electron chi connectivity index (χ2n) is 12.5.